The second-order valence-electron chi connectivity index (χ2n) is 4.38. The average Bonchev–Trinajstić information content (AvgIpc) is 3.16. The number of nitrogens with zero attached hydrogens (tertiary/aromatic N) is 3. The summed E-state index contributed by atoms with van der Waals surface area (Å²) in [6.07, 6.45) is 0.130. The highest BCUT2D eigenvalue weighted by Gasteiger charge is 2.38. The third-order valence-electron chi connectivity index (χ3n) is 3.05. The predicted molar refractivity (Wildman–Crippen MR) is 63.1 cm³/mol. The summed E-state index contributed by atoms with van der Waals surface area (Å²) < 4.78 is 10.1. The maximum absolute atomic E-state index is 12.1. The van der Waals surface area contributed by atoms with Crippen LogP contribution in [0.2, 0.25) is 0 Å². The normalized spacial score (nSPS) is 23.9. The summed E-state index contributed by atoms with van der Waals surface area (Å²) in [6.45, 7) is 4.68. The molecule has 18 heavy (non-hydrogen) atoms. The minimum atomic E-state index is -0.243. The molecule has 2 fully saturated rings. The Bertz CT molecular complexity index is 332. The van der Waals surface area contributed by atoms with Crippen molar-refractivity contribution in [2.75, 3.05) is 46.6 Å². The van der Waals surface area contributed by atoms with E-state index < -0.39 is 0 Å². The van der Waals surface area contributed by atoms with E-state index in [0.29, 0.717) is 39.5 Å². The van der Waals surface area contributed by atoms with E-state index in [9.17, 15) is 9.59 Å². The van der Waals surface area contributed by atoms with Crippen LogP contribution >= 0.6 is 0 Å². The Kier molecular flexibility index (Phi) is 4.03. The van der Waals surface area contributed by atoms with Gasteiger partial charge in [0.25, 0.3) is 0 Å². The van der Waals surface area contributed by atoms with Crippen LogP contribution in [-0.4, -0.2) is 79.5 Å². The molecule has 0 bridgehead atoms. The van der Waals surface area contributed by atoms with Crippen LogP contribution in [0.4, 0.5) is 9.59 Å². The standard InChI is InChI=1S/C11H19N3O4/c1-3-14-10(15)12(4-5-17-2)8-13(11(14)16)6-9-7-18-9/h9H,3-8H2,1-2H3. The van der Waals surface area contributed by atoms with Gasteiger partial charge in [-0.3, -0.25) is 0 Å². The number of carbonyl (C=O) groups excluding carboxylic acids is 2. The number of hydrogen-bond acceptors (Lipinski definition) is 4. The van der Waals surface area contributed by atoms with Crippen LogP contribution in [0.5, 0.6) is 0 Å². The summed E-state index contributed by atoms with van der Waals surface area (Å²) in [5, 5.41) is 0. The summed E-state index contributed by atoms with van der Waals surface area (Å²) in [7, 11) is 1.59. The minimum absolute atomic E-state index is 0.130. The molecule has 2 rings (SSSR count). The Labute approximate surface area is 106 Å². The fraction of sp³-hybridized carbons (Fsp3) is 0.818. The van der Waals surface area contributed by atoms with Crippen molar-refractivity contribution in [1.82, 2.24) is 14.7 Å². The lowest BCUT2D eigenvalue weighted by Gasteiger charge is -2.40. The fourth-order valence-corrected chi connectivity index (χ4v) is 1.94. The number of amides is 4. The molecule has 1 atom stereocenters. The number of ether oxygens (including phenoxy) is 2. The maximum atomic E-state index is 12.1. The largest absolute Gasteiger partial charge is 0.383 e. The van der Waals surface area contributed by atoms with Gasteiger partial charge in [-0.2, -0.15) is 0 Å². The maximum Gasteiger partial charge on any atom is 0.329 e. The molecule has 0 radical (unpaired) electrons. The number of imide groups is 1. The lowest BCUT2D eigenvalue weighted by molar-refractivity contribution is 0.0633. The molecule has 0 N–H and O–H groups in total. The highest BCUT2D eigenvalue weighted by Crippen LogP contribution is 2.17. The zero-order valence-corrected chi connectivity index (χ0v) is 10.8. The lowest BCUT2D eigenvalue weighted by Crippen LogP contribution is -2.61. The predicted octanol–water partition coefficient (Wildman–Crippen LogP) is 0.169. The van der Waals surface area contributed by atoms with E-state index >= 15 is 0 Å². The van der Waals surface area contributed by atoms with Crippen LogP contribution in [0.3, 0.4) is 0 Å². The molecule has 2 heterocycles. The van der Waals surface area contributed by atoms with E-state index in [2.05, 4.69) is 0 Å². The summed E-state index contributed by atoms with van der Waals surface area (Å²) in [5.41, 5.74) is 0. The molecule has 0 aromatic rings. The second kappa shape index (κ2) is 5.53. The number of epoxide rings is 1. The van der Waals surface area contributed by atoms with Crippen LogP contribution in [0, 0.1) is 0 Å². The van der Waals surface area contributed by atoms with Gasteiger partial charge < -0.3 is 19.3 Å². The van der Waals surface area contributed by atoms with E-state index in [0.717, 1.165) is 0 Å². The van der Waals surface area contributed by atoms with Gasteiger partial charge in [-0.05, 0) is 6.92 Å². The van der Waals surface area contributed by atoms with Gasteiger partial charge in [-0.1, -0.05) is 0 Å². The molecule has 0 aliphatic carbocycles. The smallest absolute Gasteiger partial charge is 0.329 e. The van der Waals surface area contributed by atoms with Crippen LogP contribution < -0.4 is 0 Å². The lowest BCUT2D eigenvalue weighted by atomic mass is 10.4. The molecule has 7 heteroatoms. The molecular weight excluding hydrogens is 238 g/mol. The molecule has 0 spiro atoms. The number of hydrogen-bond donors (Lipinski definition) is 0. The molecule has 2 aliphatic rings. The van der Waals surface area contributed by atoms with E-state index in [1.165, 1.54) is 4.90 Å². The van der Waals surface area contributed by atoms with E-state index in [1.807, 2.05) is 0 Å². The SMILES string of the molecule is CCN1C(=O)N(CCOC)CN(CC2CO2)C1=O. The van der Waals surface area contributed by atoms with Crippen LogP contribution in [-0.2, 0) is 9.47 Å². The molecule has 0 aromatic heterocycles. The topological polar surface area (TPSA) is 65.6 Å². The number of urea groups is 2. The molecule has 7 nitrogen and oxygen atoms in total. The summed E-state index contributed by atoms with van der Waals surface area (Å²) in [4.78, 5) is 28.6. The Morgan fingerprint density at radius 1 is 1.33 bits per heavy atom. The highest BCUT2D eigenvalue weighted by molar-refractivity contribution is 5.95. The monoisotopic (exact) mass is 257 g/mol. The van der Waals surface area contributed by atoms with E-state index in [1.54, 1.807) is 23.8 Å². The van der Waals surface area contributed by atoms with Gasteiger partial charge in [0.2, 0.25) is 0 Å². The Balaban J connectivity index is 2.02. The number of carbonyl (C=O) groups is 2. The second-order valence-corrected chi connectivity index (χ2v) is 4.38. The highest BCUT2D eigenvalue weighted by atomic mass is 16.6. The quantitative estimate of drug-likeness (QED) is 0.636. The Morgan fingerprint density at radius 2 is 2.00 bits per heavy atom. The molecule has 1 unspecified atom stereocenters. The zero-order valence-electron chi connectivity index (χ0n) is 10.8. The van der Waals surface area contributed by atoms with Crippen molar-refractivity contribution in [3.05, 3.63) is 0 Å². The van der Waals surface area contributed by atoms with Gasteiger partial charge in [-0.15, -0.1) is 0 Å². The van der Waals surface area contributed by atoms with Crippen LogP contribution in [0.1, 0.15) is 6.92 Å². The van der Waals surface area contributed by atoms with Crippen molar-refractivity contribution < 1.29 is 19.1 Å². The van der Waals surface area contributed by atoms with Crippen LogP contribution in [0.25, 0.3) is 0 Å². The van der Waals surface area contributed by atoms with Gasteiger partial charge in [0.1, 0.15) is 0 Å². The third-order valence-corrected chi connectivity index (χ3v) is 3.05. The Hall–Kier alpha value is -1.34. The molecule has 2 saturated heterocycles. The van der Waals surface area contributed by atoms with Crippen molar-refractivity contribution in [2.24, 2.45) is 0 Å². The summed E-state index contributed by atoms with van der Waals surface area (Å²) in [6, 6.07) is -0.473. The number of rotatable bonds is 6. The summed E-state index contributed by atoms with van der Waals surface area (Å²) >= 11 is 0. The zero-order chi connectivity index (χ0) is 13.1. The van der Waals surface area contributed by atoms with Gasteiger partial charge in [0.05, 0.1) is 32.5 Å². The first kappa shape index (κ1) is 13.1. The Morgan fingerprint density at radius 3 is 2.56 bits per heavy atom. The molecule has 0 aromatic carbocycles. The van der Waals surface area contributed by atoms with Crippen LogP contribution in [0.15, 0.2) is 0 Å². The van der Waals surface area contributed by atoms with Crippen molar-refractivity contribution in [3.8, 4) is 0 Å². The van der Waals surface area contributed by atoms with E-state index in [4.69, 9.17) is 9.47 Å². The average molecular weight is 257 g/mol. The minimum Gasteiger partial charge on any atom is -0.383 e. The summed E-state index contributed by atoms with van der Waals surface area (Å²) in [5.74, 6) is 0. The van der Waals surface area contributed by atoms with Gasteiger partial charge >= 0.3 is 12.1 Å². The first-order valence-electron chi connectivity index (χ1n) is 6.13. The van der Waals surface area contributed by atoms with Crippen molar-refractivity contribution >= 4 is 12.1 Å². The molecule has 4 amide bonds. The van der Waals surface area contributed by atoms with Crippen molar-refractivity contribution in [3.63, 3.8) is 0 Å². The molecule has 2 aliphatic heterocycles. The van der Waals surface area contributed by atoms with Gasteiger partial charge in [0, 0.05) is 20.2 Å². The van der Waals surface area contributed by atoms with Gasteiger partial charge in [0.15, 0.2) is 0 Å². The molecule has 102 valence electrons. The fourth-order valence-electron chi connectivity index (χ4n) is 1.94. The number of methoxy groups -OCH3 is 1. The van der Waals surface area contributed by atoms with Crippen molar-refractivity contribution in [2.45, 2.75) is 13.0 Å². The van der Waals surface area contributed by atoms with Crippen molar-refractivity contribution in [1.29, 1.82) is 0 Å². The third kappa shape index (κ3) is 2.73. The van der Waals surface area contributed by atoms with Gasteiger partial charge in [-0.25, -0.2) is 14.5 Å². The van der Waals surface area contributed by atoms with E-state index in [-0.39, 0.29) is 18.2 Å². The molecule has 0 saturated carbocycles. The molecular formula is C11H19N3O4. The first-order valence-corrected chi connectivity index (χ1v) is 6.13. The first-order chi connectivity index (χ1) is 8.67.